The van der Waals surface area contributed by atoms with Crippen LogP contribution in [0.2, 0.25) is 0 Å². The lowest BCUT2D eigenvalue weighted by molar-refractivity contribution is 0.0652. The number of amides is 1. The Hall–Kier alpha value is -2.82. The second kappa shape index (κ2) is 6.74. The largest absolute Gasteiger partial charge is 0.467 e. The van der Waals surface area contributed by atoms with E-state index in [0.29, 0.717) is 12.2 Å². The second-order valence-corrected chi connectivity index (χ2v) is 5.89. The van der Waals surface area contributed by atoms with Gasteiger partial charge in [-0.1, -0.05) is 30.3 Å². The van der Waals surface area contributed by atoms with Crippen LogP contribution in [0.15, 0.2) is 59.2 Å². The van der Waals surface area contributed by atoms with E-state index >= 15 is 0 Å². The predicted octanol–water partition coefficient (Wildman–Crippen LogP) is 3.73. The SMILES string of the molecule is Cc1cc(C(=O)N(Cc2ccco2)[C@H](C)c2ccccc2)nn1C. The molecule has 0 fully saturated rings. The molecule has 5 heteroatoms. The van der Waals surface area contributed by atoms with Crippen LogP contribution in [0.5, 0.6) is 0 Å². The van der Waals surface area contributed by atoms with Gasteiger partial charge in [0, 0.05) is 12.7 Å². The summed E-state index contributed by atoms with van der Waals surface area (Å²) in [5.41, 5.74) is 2.47. The molecule has 1 atom stereocenters. The number of carbonyl (C=O) groups excluding carboxylic acids is 1. The van der Waals surface area contributed by atoms with E-state index in [1.165, 1.54) is 0 Å². The van der Waals surface area contributed by atoms with Crippen LogP contribution >= 0.6 is 0 Å². The molecule has 124 valence electrons. The van der Waals surface area contributed by atoms with Crippen molar-refractivity contribution in [2.24, 2.45) is 7.05 Å². The summed E-state index contributed by atoms with van der Waals surface area (Å²) in [6.07, 6.45) is 1.62. The highest BCUT2D eigenvalue weighted by Crippen LogP contribution is 2.24. The fourth-order valence-corrected chi connectivity index (χ4v) is 2.68. The smallest absolute Gasteiger partial charge is 0.275 e. The third-order valence-corrected chi connectivity index (χ3v) is 4.25. The van der Waals surface area contributed by atoms with Gasteiger partial charge >= 0.3 is 0 Å². The Balaban J connectivity index is 1.93. The molecule has 2 heterocycles. The van der Waals surface area contributed by atoms with Crippen LogP contribution in [0.3, 0.4) is 0 Å². The molecule has 5 nitrogen and oxygen atoms in total. The van der Waals surface area contributed by atoms with Crippen molar-refractivity contribution in [1.82, 2.24) is 14.7 Å². The number of nitrogens with zero attached hydrogens (tertiary/aromatic N) is 3. The van der Waals surface area contributed by atoms with E-state index in [2.05, 4.69) is 5.10 Å². The van der Waals surface area contributed by atoms with Gasteiger partial charge in [0.25, 0.3) is 5.91 Å². The van der Waals surface area contributed by atoms with Crippen molar-refractivity contribution >= 4 is 5.91 Å². The molecule has 0 radical (unpaired) electrons. The van der Waals surface area contributed by atoms with Gasteiger partial charge in [-0.15, -0.1) is 0 Å². The van der Waals surface area contributed by atoms with Gasteiger partial charge in [-0.25, -0.2) is 0 Å². The van der Waals surface area contributed by atoms with Gasteiger partial charge in [0.05, 0.1) is 18.8 Å². The first-order valence-corrected chi connectivity index (χ1v) is 7.95. The summed E-state index contributed by atoms with van der Waals surface area (Å²) in [7, 11) is 1.84. The molecule has 0 saturated heterocycles. The quantitative estimate of drug-likeness (QED) is 0.719. The first-order chi connectivity index (χ1) is 11.6. The molecule has 3 aromatic rings. The predicted molar refractivity (Wildman–Crippen MR) is 91.4 cm³/mol. The average molecular weight is 323 g/mol. The van der Waals surface area contributed by atoms with E-state index in [4.69, 9.17) is 4.42 Å². The van der Waals surface area contributed by atoms with Crippen molar-refractivity contribution in [3.63, 3.8) is 0 Å². The number of aryl methyl sites for hydroxylation is 2. The van der Waals surface area contributed by atoms with E-state index in [0.717, 1.165) is 17.0 Å². The summed E-state index contributed by atoms with van der Waals surface area (Å²) in [5, 5.41) is 4.33. The third kappa shape index (κ3) is 3.25. The number of hydrogen-bond acceptors (Lipinski definition) is 3. The molecule has 0 aliphatic carbocycles. The number of carbonyl (C=O) groups is 1. The highest BCUT2D eigenvalue weighted by molar-refractivity contribution is 5.92. The first kappa shape index (κ1) is 16.1. The number of benzene rings is 1. The molecular weight excluding hydrogens is 302 g/mol. The molecule has 0 aliphatic heterocycles. The number of hydrogen-bond donors (Lipinski definition) is 0. The summed E-state index contributed by atoms with van der Waals surface area (Å²) in [6, 6.07) is 15.4. The summed E-state index contributed by atoms with van der Waals surface area (Å²) in [6.45, 7) is 4.35. The zero-order valence-corrected chi connectivity index (χ0v) is 14.1. The minimum absolute atomic E-state index is 0.0916. The Morgan fingerprint density at radius 1 is 1.25 bits per heavy atom. The standard InChI is InChI=1S/C19H21N3O2/c1-14-12-18(20-21(14)3)19(23)22(13-17-10-7-11-24-17)15(2)16-8-5-4-6-9-16/h4-12,15H,13H2,1-3H3/t15-/m1/s1. The summed E-state index contributed by atoms with van der Waals surface area (Å²) in [4.78, 5) is 14.8. The number of rotatable bonds is 5. The van der Waals surface area contributed by atoms with Gasteiger partial charge in [0.2, 0.25) is 0 Å². The maximum absolute atomic E-state index is 13.1. The highest BCUT2D eigenvalue weighted by atomic mass is 16.3. The minimum Gasteiger partial charge on any atom is -0.467 e. The molecule has 1 amide bonds. The van der Waals surface area contributed by atoms with Crippen LogP contribution in [-0.4, -0.2) is 20.6 Å². The Morgan fingerprint density at radius 3 is 2.58 bits per heavy atom. The Bertz CT molecular complexity index is 787. The van der Waals surface area contributed by atoms with E-state index in [9.17, 15) is 4.79 Å². The number of furan rings is 1. The molecule has 0 saturated carbocycles. The van der Waals surface area contributed by atoms with Crippen molar-refractivity contribution in [2.75, 3.05) is 0 Å². The van der Waals surface area contributed by atoms with E-state index in [1.807, 2.05) is 69.4 Å². The molecule has 1 aromatic carbocycles. The van der Waals surface area contributed by atoms with Crippen molar-refractivity contribution in [2.45, 2.75) is 26.4 Å². The van der Waals surface area contributed by atoms with Crippen LogP contribution in [0.4, 0.5) is 0 Å². The highest BCUT2D eigenvalue weighted by Gasteiger charge is 2.26. The van der Waals surface area contributed by atoms with E-state index < -0.39 is 0 Å². The Kier molecular flexibility index (Phi) is 4.51. The van der Waals surface area contributed by atoms with E-state index in [1.54, 1.807) is 15.8 Å². The summed E-state index contributed by atoms with van der Waals surface area (Å²) < 4.78 is 7.16. The second-order valence-electron chi connectivity index (χ2n) is 5.89. The Morgan fingerprint density at radius 2 is 2.00 bits per heavy atom. The molecule has 0 unspecified atom stereocenters. The van der Waals surface area contributed by atoms with Gasteiger partial charge in [-0.3, -0.25) is 9.48 Å². The number of aromatic nitrogens is 2. The van der Waals surface area contributed by atoms with Crippen molar-refractivity contribution < 1.29 is 9.21 Å². The fraction of sp³-hybridized carbons (Fsp3) is 0.263. The van der Waals surface area contributed by atoms with Gasteiger partial charge in [-0.05, 0) is 37.6 Å². The lowest BCUT2D eigenvalue weighted by atomic mass is 10.1. The molecule has 0 bridgehead atoms. The van der Waals surface area contributed by atoms with Crippen molar-refractivity contribution in [1.29, 1.82) is 0 Å². The monoisotopic (exact) mass is 323 g/mol. The van der Waals surface area contributed by atoms with Gasteiger partial charge in [0.15, 0.2) is 5.69 Å². The topological polar surface area (TPSA) is 51.3 Å². The van der Waals surface area contributed by atoms with Crippen molar-refractivity contribution in [3.05, 3.63) is 77.5 Å². The lowest BCUT2D eigenvalue weighted by Crippen LogP contribution is -2.33. The van der Waals surface area contributed by atoms with Gasteiger partial charge in [0.1, 0.15) is 5.76 Å². The maximum Gasteiger partial charge on any atom is 0.275 e. The normalized spacial score (nSPS) is 12.1. The zero-order chi connectivity index (χ0) is 17.1. The zero-order valence-electron chi connectivity index (χ0n) is 14.1. The van der Waals surface area contributed by atoms with Gasteiger partial charge < -0.3 is 9.32 Å². The Labute approximate surface area is 141 Å². The molecular formula is C19H21N3O2. The first-order valence-electron chi connectivity index (χ1n) is 7.95. The molecule has 24 heavy (non-hydrogen) atoms. The van der Waals surface area contributed by atoms with Crippen LogP contribution in [-0.2, 0) is 13.6 Å². The van der Waals surface area contributed by atoms with Crippen LogP contribution in [0, 0.1) is 6.92 Å². The molecule has 2 aromatic heterocycles. The molecule has 0 aliphatic rings. The van der Waals surface area contributed by atoms with Gasteiger partial charge in [-0.2, -0.15) is 5.10 Å². The van der Waals surface area contributed by atoms with Crippen LogP contribution in [0.1, 0.15) is 40.5 Å². The lowest BCUT2D eigenvalue weighted by Gasteiger charge is -2.28. The van der Waals surface area contributed by atoms with Crippen LogP contribution < -0.4 is 0 Å². The molecule has 0 N–H and O–H groups in total. The minimum atomic E-state index is -0.105. The molecule has 3 rings (SSSR count). The maximum atomic E-state index is 13.1. The summed E-state index contributed by atoms with van der Waals surface area (Å²) in [5.74, 6) is 0.644. The fourth-order valence-electron chi connectivity index (χ4n) is 2.68. The van der Waals surface area contributed by atoms with Crippen LogP contribution in [0.25, 0.3) is 0 Å². The van der Waals surface area contributed by atoms with E-state index in [-0.39, 0.29) is 11.9 Å². The third-order valence-electron chi connectivity index (χ3n) is 4.25. The molecule has 0 spiro atoms. The average Bonchev–Trinajstić information content (AvgIpc) is 3.22. The summed E-state index contributed by atoms with van der Waals surface area (Å²) >= 11 is 0. The van der Waals surface area contributed by atoms with Crippen molar-refractivity contribution in [3.8, 4) is 0 Å².